The van der Waals surface area contributed by atoms with Crippen LogP contribution in [0.1, 0.15) is 27.6 Å². The van der Waals surface area contributed by atoms with E-state index in [9.17, 15) is 0 Å². The Morgan fingerprint density at radius 2 is 2.06 bits per heavy atom. The molecule has 4 heteroatoms. The number of halogens is 1. The standard InChI is InChI=1S/C13H16ClNS2/c1-3-15-11(12-6-4-9(2)16-12)8-10-5-7-13(14)17-10/h4-7,11,15H,3,8H2,1-2H3. The molecule has 1 N–H and O–H groups in total. The molecule has 0 amide bonds. The van der Waals surface area contributed by atoms with Crippen molar-refractivity contribution in [3.8, 4) is 0 Å². The maximum Gasteiger partial charge on any atom is 0.0931 e. The molecule has 0 aliphatic carbocycles. The molecule has 1 nitrogen and oxygen atoms in total. The van der Waals surface area contributed by atoms with Crippen molar-refractivity contribution in [2.24, 2.45) is 0 Å². The number of rotatable bonds is 5. The summed E-state index contributed by atoms with van der Waals surface area (Å²) in [5.41, 5.74) is 0. The van der Waals surface area contributed by atoms with E-state index in [0.717, 1.165) is 17.3 Å². The molecule has 17 heavy (non-hydrogen) atoms. The Kier molecular flexibility index (Phi) is 4.62. The van der Waals surface area contributed by atoms with Crippen LogP contribution in [0.4, 0.5) is 0 Å². The molecule has 0 aromatic carbocycles. The van der Waals surface area contributed by atoms with Gasteiger partial charge in [0.15, 0.2) is 0 Å². The molecular formula is C13H16ClNS2. The first-order valence-electron chi connectivity index (χ1n) is 5.73. The summed E-state index contributed by atoms with van der Waals surface area (Å²) in [6.45, 7) is 5.29. The Labute approximate surface area is 115 Å². The van der Waals surface area contributed by atoms with Gasteiger partial charge < -0.3 is 5.32 Å². The fraction of sp³-hybridized carbons (Fsp3) is 0.385. The molecule has 1 unspecified atom stereocenters. The fourth-order valence-electron chi connectivity index (χ4n) is 1.82. The maximum atomic E-state index is 5.97. The quantitative estimate of drug-likeness (QED) is 0.842. The van der Waals surface area contributed by atoms with Crippen LogP contribution in [0.15, 0.2) is 24.3 Å². The Morgan fingerprint density at radius 3 is 2.59 bits per heavy atom. The second-order valence-electron chi connectivity index (χ2n) is 3.97. The monoisotopic (exact) mass is 285 g/mol. The van der Waals surface area contributed by atoms with Gasteiger partial charge in [-0.1, -0.05) is 18.5 Å². The Balaban J connectivity index is 2.12. The van der Waals surface area contributed by atoms with E-state index < -0.39 is 0 Å². The van der Waals surface area contributed by atoms with Crippen molar-refractivity contribution in [3.63, 3.8) is 0 Å². The minimum absolute atomic E-state index is 0.411. The second kappa shape index (κ2) is 6.01. The molecule has 2 aromatic rings. The highest BCUT2D eigenvalue weighted by Gasteiger charge is 2.14. The molecule has 2 rings (SSSR count). The van der Waals surface area contributed by atoms with Crippen molar-refractivity contribution in [3.05, 3.63) is 43.2 Å². The largest absolute Gasteiger partial charge is 0.309 e. The van der Waals surface area contributed by atoms with Gasteiger partial charge in [0.05, 0.1) is 4.34 Å². The SMILES string of the molecule is CCNC(Cc1ccc(Cl)s1)c1ccc(C)s1. The summed E-state index contributed by atoms with van der Waals surface area (Å²) in [5, 5.41) is 3.54. The van der Waals surface area contributed by atoms with Crippen LogP contribution in [0.5, 0.6) is 0 Å². The number of hydrogen-bond donors (Lipinski definition) is 1. The van der Waals surface area contributed by atoms with E-state index in [1.165, 1.54) is 14.6 Å². The first-order valence-corrected chi connectivity index (χ1v) is 7.74. The van der Waals surface area contributed by atoms with E-state index in [0.29, 0.717) is 6.04 Å². The average molecular weight is 286 g/mol. The minimum Gasteiger partial charge on any atom is -0.309 e. The van der Waals surface area contributed by atoms with Crippen molar-refractivity contribution in [1.82, 2.24) is 5.32 Å². The van der Waals surface area contributed by atoms with Gasteiger partial charge in [0, 0.05) is 27.1 Å². The molecule has 0 bridgehead atoms. The number of hydrogen-bond acceptors (Lipinski definition) is 3. The molecule has 0 saturated carbocycles. The number of thiophene rings is 2. The zero-order valence-electron chi connectivity index (χ0n) is 10.00. The van der Waals surface area contributed by atoms with Gasteiger partial charge in [-0.3, -0.25) is 0 Å². The second-order valence-corrected chi connectivity index (χ2v) is 7.09. The van der Waals surface area contributed by atoms with Gasteiger partial charge in [-0.25, -0.2) is 0 Å². The first kappa shape index (κ1) is 13.1. The zero-order chi connectivity index (χ0) is 12.3. The highest BCUT2D eigenvalue weighted by Crippen LogP contribution is 2.29. The summed E-state index contributed by atoms with van der Waals surface area (Å²) in [6.07, 6.45) is 1.02. The molecule has 0 aliphatic heterocycles. The summed E-state index contributed by atoms with van der Waals surface area (Å²) in [5.74, 6) is 0. The van der Waals surface area contributed by atoms with Gasteiger partial charge in [-0.2, -0.15) is 0 Å². The van der Waals surface area contributed by atoms with Crippen LogP contribution in [0.3, 0.4) is 0 Å². The summed E-state index contributed by atoms with van der Waals surface area (Å²) in [7, 11) is 0. The minimum atomic E-state index is 0.411. The molecule has 0 spiro atoms. The molecule has 2 heterocycles. The number of nitrogens with one attached hydrogen (secondary N) is 1. The van der Waals surface area contributed by atoms with Crippen LogP contribution < -0.4 is 5.32 Å². The topological polar surface area (TPSA) is 12.0 Å². The van der Waals surface area contributed by atoms with Crippen molar-refractivity contribution in [1.29, 1.82) is 0 Å². The first-order chi connectivity index (χ1) is 8.19. The summed E-state index contributed by atoms with van der Waals surface area (Å²) >= 11 is 9.52. The summed E-state index contributed by atoms with van der Waals surface area (Å²) in [4.78, 5) is 4.12. The van der Waals surface area contributed by atoms with Gasteiger partial charge >= 0.3 is 0 Å². The van der Waals surface area contributed by atoms with E-state index in [-0.39, 0.29) is 0 Å². The van der Waals surface area contributed by atoms with Gasteiger partial charge in [-0.05, 0) is 37.7 Å². The molecule has 0 aliphatic rings. The smallest absolute Gasteiger partial charge is 0.0931 e. The summed E-state index contributed by atoms with van der Waals surface area (Å²) in [6, 6.07) is 8.92. The highest BCUT2D eigenvalue weighted by molar-refractivity contribution is 7.16. The molecule has 92 valence electrons. The predicted molar refractivity (Wildman–Crippen MR) is 78.5 cm³/mol. The van der Waals surface area contributed by atoms with Crippen LogP contribution in [-0.4, -0.2) is 6.54 Å². The van der Waals surface area contributed by atoms with Crippen LogP contribution in [-0.2, 0) is 6.42 Å². The Morgan fingerprint density at radius 1 is 1.24 bits per heavy atom. The van der Waals surface area contributed by atoms with Crippen molar-refractivity contribution in [2.75, 3.05) is 6.54 Å². The van der Waals surface area contributed by atoms with Crippen LogP contribution in [0.2, 0.25) is 4.34 Å². The van der Waals surface area contributed by atoms with Gasteiger partial charge in [0.25, 0.3) is 0 Å². The van der Waals surface area contributed by atoms with Gasteiger partial charge in [0.2, 0.25) is 0 Å². The van der Waals surface area contributed by atoms with Crippen LogP contribution in [0.25, 0.3) is 0 Å². The lowest BCUT2D eigenvalue weighted by Crippen LogP contribution is -2.21. The molecule has 0 radical (unpaired) electrons. The van der Waals surface area contributed by atoms with Gasteiger partial charge in [-0.15, -0.1) is 22.7 Å². The summed E-state index contributed by atoms with van der Waals surface area (Å²) < 4.78 is 0.873. The predicted octanol–water partition coefficient (Wildman–Crippen LogP) is 4.66. The maximum absolute atomic E-state index is 5.97. The molecular weight excluding hydrogens is 270 g/mol. The number of likely N-dealkylation sites (N-methyl/N-ethyl adjacent to an activating group) is 1. The molecule has 0 saturated heterocycles. The fourth-order valence-corrected chi connectivity index (χ4v) is 3.91. The lowest BCUT2D eigenvalue weighted by Gasteiger charge is -2.15. The lowest BCUT2D eigenvalue weighted by atomic mass is 10.1. The third-order valence-electron chi connectivity index (χ3n) is 2.59. The zero-order valence-corrected chi connectivity index (χ0v) is 12.4. The number of aryl methyl sites for hydroxylation is 1. The van der Waals surface area contributed by atoms with Crippen molar-refractivity contribution in [2.45, 2.75) is 26.3 Å². The molecule has 0 fully saturated rings. The van der Waals surface area contributed by atoms with Crippen LogP contribution >= 0.6 is 34.3 Å². The average Bonchev–Trinajstić information content (AvgIpc) is 2.87. The van der Waals surface area contributed by atoms with E-state index >= 15 is 0 Å². The Hall–Kier alpha value is -0.350. The van der Waals surface area contributed by atoms with E-state index in [4.69, 9.17) is 11.6 Å². The normalized spacial score (nSPS) is 12.9. The van der Waals surface area contributed by atoms with Gasteiger partial charge in [0.1, 0.15) is 0 Å². The molecule has 1 atom stereocenters. The third-order valence-corrected chi connectivity index (χ3v) is 4.96. The highest BCUT2D eigenvalue weighted by atomic mass is 35.5. The molecule has 2 aromatic heterocycles. The third kappa shape index (κ3) is 3.55. The van der Waals surface area contributed by atoms with E-state index in [2.05, 4.69) is 37.4 Å². The van der Waals surface area contributed by atoms with E-state index in [1.807, 2.05) is 17.4 Å². The van der Waals surface area contributed by atoms with Crippen molar-refractivity contribution >= 4 is 34.3 Å². The lowest BCUT2D eigenvalue weighted by molar-refractivity contribution is 0.562. The Bertz CT molecular complexity index is 475. The van der Waals surface area contributed by atoms with E-state index in [1.54, 1.807) is 11.3 Å². The van der Waals surface area contributed by atoms with Crippen LogP contribution in [0, 0.1) is 6.92 Å². The van der Waals surface area contributed by atoms with Crippen molar-refractivity contribution < 1.29 is 0 Å².